The highest BCUT2D eigenvalue weighted by Crippen LogP contribution is 2.26. The van der Waals surface area contributed by atoms with Crippen LogP contribution in [0.15, 0.2) is 35.4 Å². The second kappa shape index (κ2) is 6.89. The maximum absolute atomic E-state index is 13.9. The zero-order valence-corrected chi connectivity index (χ0v) is 14.8. The van der Waals surface area contributed by atoms with Crippen LogP contribution in [0.3, 0.4) is 0 Å². The van der Waals surface area contributed by atoms with Gasteiger partial charge in [-0.3, -0.25) is 4.79 Å². The Morgan fingerprint density at radius 1 is 1.32 bits per heavy atom. The summed E-state index contributed by atoms with van der Waals surface area (Å²) in [5, 5.41) is 7.69. The fourth-order valence-electron chi connectivity index (χ4n) is 2.23. The molecule has 0 aliphatic carbocycles. The van der Waals surface area contributed by atoms with E-state index < -0.39 is 17.2 Å². The normalized spacial score (nSPS) is 12.2. The summed E-state index contributed by atoms with van der Waals surface area (Å²) in [5.41, 5.74) is -0.575. The van der Waals surface area contributed by atoms with Crippen LogP contribution in [0, 0.1) is 18.6 Å². The average molecular weight is 383 g/mol. The van der Waals surface area contributed by atoms with Gasteiger partial charge in [0.15, 0.2) is 5.82 Å². The highest BCUT2D eigenvalue weighted by atomic mass is 35.5. The smallest absolute Gasteiger partial charge is 0.292 e. The van der Waals surface area contributed by atoms with Crippen LogP contribution in [0.25, 0.3) is 5.69 Å². The summed E-state index contributed by atoms with van der Waals surface area (Å²) >= 11 is 7.64. The third-order valence-electron chi connectivity index (χ3n) is 3.44. The van der Waals surface area contributed by atoms with Crippen molar-refractivity contribution >= 4 is 28.6 Å². The van der Waals surface area contributed by atoms with E-state index in [0.29, 0.717) is 11.8 Å². The van der Waals surface area contributed by atoms with Crippen LogP contribution in [0.1, 0.15) is 22.9 Å². The van der Waals surface area contributed by atoms with Crippen LogP contribution < -0.4 is 10.9 Å². The molecule has 2 heterocycles. The van der Waals surface area contributed by atoms with Crippen LogP contribution in [-0.4, -0.2) is 14.8 Å². The largest absolute Gasteiger partial charge is 0.373 e. The molecular weight excluding hydrogens is 370 g/mol. The van der Waals surface area contributed by atoms with Gasteiger partial charge in [-0.1, -0.05) is 11.6 Å². The second-order valence-electron chi connectivity index (χ2n) is 5.36. The van der Waals surface area contributed by atoms with Gasteiger partial charge in [0.2, 0.25) is 0 Å². The minimum Gasteiger partial charge on any atom is -0.373 e. The summed E-state index contributed by atoms with van der Waals surface area (Å²) in [7, 11) is 0. The van der Waals surface area contributed by atoms with Gasteiger partial charge in [-0.15, -0.1) is 11.3 Å². The van der Waals surface area contributed by atoms with E-state index in [4.69, 9.17) is 11.6 Å². The zero-order chi connectivity index (χ0) is 18.1. The van der Waals surface area contributed by atoms with Crippen LogP contribution in [0.5, 0.6) is 0 Å². The fraction of sp³-hybridized carbons (Fsp3) is 0.188. The van der Waals surface area contributed by atoms with Crippen molar-refractivity contribution < 1.29 is 8.78 Å². The third kappa shape index (κ3) is 3.54. The number of thiazole rings is 1. The van der Waals surface area contributed by atoms with Crippen molar-refractivity contribution in [2.75, 3.05) is 5.32 Å². The molecule has 1 atom stereocenters. The Hall–Kier alpha value is -2.32. The number of halogens is 3. The molecule has 9 heteroatoms. The predicted molar refractivity (Wildman–Crippen MR) is 93.6 cm³/mol. The first-order valence-electron chi connectivity index (χ1n) is 7.29. The molecule has 0 fully saturated rings. The van der Waals surface area contributed by atoms with Crippen molar-refractivity contribution in [3.05, 3.63) is 67.5 Å². The molecule has 0 spiro atoms. The highest BCUT2D eigenvalue weighted by Gasteiger charge is 2.17. The topological polar surface area (TPSA) is 59.8 Å². The Morgan fingerprint density at radius 2 is 2.08 bits per heavy atom. The molecule has 0 amide bonds. The SMILES string of the molecule is Cc1cnc(C(C)Nc2cnn(-c3ccc(F)cc3F)c(=O)c2Cl)s1. The van der Waals surface area contributed by atoms with Gasteiger partial charge in [0, 0.05) is 17.1 Å². The summed E-state index contributed by atoms with van der Waals surface area (Å²) in [4.78, 5) is 17.7. The molecule has 3 rings (SSSR count). The Morgan fingerprint density at radius 3 is 2.72 bits per heavy atom. The molecule has 1 unspecified atom stereocenters. The Balaban J connectivity index is 1.94. The zero-order valence-electron chi connectivity index (χ0n) is 13.3. The maximum Gasteiger partial charge on any atom is 0.292 e. The van der Waals surface area contributed by atoms with Crippen molar-refractivity contribution in [3.63, 3.8) is 0 Å². The molecule has 5 nitrogen and oxygen atoms in total. The molecular formula is C16H13ClF2N4OS. The van der Waals surface area contributed by atoms with Crippen LogP contribution in [0.2, 0.25) is 5.02 Å². The molecule has 0 aliphatic heterocycles. The minimum atomic E-state index is -0.905. The van der Waals surface area contributed by atoms with E-state index in [1.807, 2.05) is 13.8 Å². The van der Waals surface area contributed by atoms with Crippen molar-refractivity contribution in [1.82, 2.24) is 14.8 Å². The first-order valence-corrected chi connectivity index (χ1v) is 8.48. The number of hydrogen-bond acceptors (Lipinski definition) is 5. The summed E-state index contributed by atoms with van der Waals surface area (Å²) < 4.78 is 27.7. The molecule has 0 saturated carbocycles. The number of nitrogens with one attached hydrogen (secondary N) is 1. The average Bonchev–Trinajstić information content (AvgIpc) is 2.99. The first kappa shape index (κ1) is 17.5. The third-order valence-corrected chi connectivity index (χ3v) is 4.90. The van der Waals surface area contributed by atoms with Gasteiger partial charge in [0.1, 0.15) is 21.5 Å². The number of aryl methyl sites for hydroxylation is 1. The summed E-state index contributed by atoms with van der Waals surface area (Å²) in [6.45, 7) is 3.82. The van der Waals surface area contributed by atoms with Gasteiger partial charge in [-0.2, -0.15) is 9.78 Å². The van der Waals surface area contributed by atoms with E-state index in [1.165, 1.54) is 17.5 Å². The van der Waals surface area contributed by atoms with Gasteiger partial charge < -0.3 is 5.32 Å². The van der Waals surface area contributed by atoms with Crippen LogP contribution >= 0.6 is 22.9 Å². The number of anilines is 1. The Bertz CT molecular complexity index is 989. The van der Waals surface area contributed by atoms with Crippen LogP contribution in [-0.2, 0) is 0 Å². The van der Waals surface area contributed by atoms with E-state index >= 15 is 0 Å². The monoisotopic (exact) mass is 382 g/mol. The molecule has 1 N–H and O–H groups in total. The lowest BCUT2D eigenvalue weighted by Crippen LogP contribution is -2.24. The lowest BCUT2D eigenvalue weighted by molar-refractivity contribution is 0.570. The van der Waals surface area contributed by atoms with Gasteiger partial charge in [0.05, 0.1) is 17.9 Å². The molecule has 2 aromatic heterocycles. The summed E-state index contributed by atoms with van der Waals surface area (Å²) in [5.74, 6) is -1.65. The van der Waals surface area contributed by atoms with E-state index in [2.05, 4.69) is 15.4 Å². The number of nitrogens with zero attached hydrogens (tertiary/aromatic N) is 3. The predicted octanol–water partition coefficient (Wildman–Crippen LogP) is 4.10. The number of hydrogen-bond donors (Lipinski definition) is 1. The quantitative estimate of drug-likeness (QED) is 0.738. The molecule has 1 aromatic carbocycles. The van der Waals surface area contributed by atoms with Crippen molar-refractivity contribution in [1.29, 1.82) is 0 Å². The number of benzene rings is 1. The van der Waals surface area contributed by atoms with Gasteiger partial charge in [0.25, 0.3) is 5.56 Å². The van der Waals surface area contributed by atoms with Crippen LogP contribution in [0.4, 0.5) is 14.5 Å². The number of rotatable bonds is 4. The molecule has 130 valence electrons. The van der Waals surface area contributed by atoms with Gasteiger partial charge >= 0.3 is 0 Å². The van der Waals surface area contributed by atoms with Crippen molar-refractivity contribution in [2.24, 2.45) is 0 Å². The maximum atomic E-state index is 13.9. The first-order chi connectivity index (χ1) is 11.9. The van der Waals surface area contributed by atoms with E-state index in [1.54, 1.807) is 6.20 Å². The second-order valence-corrected chi connectivity index (χ2v) is 7.00. The number of aromatic nitrogens is 3. The summed E-state index contributed by atoms with van der Waals surface area (Å²) in [6, 6.07) is 2.66. The molecule has 3 aromatic rings. The fourth-order valence-corrected chi connectivity index (χ4v) is 3.19. The van der Waals surface area contributed by atoms with Gasteiger partial charge in [-0.25, -0.2) is 13.8 Å². The lowest BCUT2D eigenvalue weighted by Gasteiger charge is -2.14. The molecule has 0 bridgehead atoms. The minimum absolute atomic E-state index is 0.140. The Labute approximate surface area is 150 Å². The highest BCUT2D eigenvalue weighted by molar-refractivity contribution is 7.11. The molecule has 0 aliphatic rings. The standard InChI is InChI=1S/C16H13ClF2N4OS/c1-8-6-20-15(25-8)9(2)22-12-7-21-23(16(24)14(12)17)13-4-3-10(18)5-11(13)19/h3-7,9,22H,1-2H3. The summed E-state index contributed by atoms with van der Waals surface area (Å²) in [6.07, 6.45) is 3.08. The van der Waals surface area contributed by atoms with E-state index in [-0.39, 0.29) is 16.8 Å². The molecule has 0 radical (unpaired) electrons. The van der Waals surface area contributed by atoms with Crippen molar-refractivity contribution in [3.8, 4) is 5.69 Å². The van der Waals surface area contributed by atoms with Gasteiger partial charge in [-0.05, 0) is 26.0 Å². The lowest BCUT2D eigenvalue weighted by atomic mass is 10.3. The molecule has 25 heavy (non-hydrogen) atoms. The molecule has 0 saturated heterocycles. The Kier molecular flexibility index (Phi) is 4.82. The van der Waals surface area contributed by atoms with E-state index in [9.17, 15) is 13.6 Å². The van der Waals surface area contributed by atoms with Crippen molar-refractivity contribution in [2.45, 2.75) is 19.9 Å². The van der Waals surface area contributed by atoms with E-state index in [0.717, 1.165) is 26.7 Å².